The molecule has 698 valence electrons. The second kappa shape index (κ2) is 43.7. The summed E-state index contributed by atoms with van der Waals surface area (Å²) < 4.78 is 141. The molecule has 4 saturated heterocycles. The number of rotatable bonds is 32. The van der Waals surface area contributed by atoms with E-state index in [2.05, 4.69) is 123 Å². The number of alkyl halides is 3. The maximum atomic E-state index is 14.3. The summed E-state index contributed by atoms with van der Waals surface area (Å²) in [5.74, 6) is 1.19. The third kappa shape index (κ3) is 25.8. The molecule has 0 spiro atoms. The summed E-state index contributed by atoms with van der Waals surface area (Å²) in [5.41, 5.74) is 6.35. The van der Waals surface area contributed by atoms with Crippen molar-refractivity contribution in [3.63, 3.8) is 0 Å². The van der Waals surface area contributed by atoms with Gasteiger partial charge in [0.25, 0.3) is 35.6 Å². The summed E-state index contributed by atoms with van der Waals surface area (Å²) in [5, 5.41) is 14.9. The number of ether oxygens (including phenoxy) is 2. The lowest BCUT2D eigenvalue weighted by atomic mass is 9.72. The van der Waals surface area contributed by atoms with Crippen LogP contribution in [0, 0.1) is 32.8 Å². The van der Waals surface area contributed by atoms with E-state index in [0.717, 1.165) is 180 Å². The highest BCUT2D eigenvalue weighted by Gasteiger charge is 2.49. The largest absolute Gasteiger partial charge is 0.501 e. The number of piperazine rings is 2. The maximum absolute atomic E-state index is 14.3. The lowest BCUT2D eigenvalue weighted by Crippen LogP contribution is -2.47. The number of allylic oxidation sites excluding steroid dienone is 2. The Balaban J connectivity index is 0.000000210. The first-order valence-electron chi connectivity index (χ1n) is 44.4. The van der Waals surface area contributed by atoms with Crippen molar-refractivity contribution < 1.29 is 52.8 Å². The molecule has 2 aliphatic carbocycles. The SMILES string of the molecule is C.CC1(C)CCC(c2ccc(Cl)cc2)=C(CN2CCN(c3ccc4c(NS(=O)(=O)c5ccc(C[C@H](CCN6CCOCC6)CSc6ccccc6)c(S(=O)(=O)C(F)(F)F)c5)ncnc4c3)CC2)C1.CC1(C)CCC(c2ccc(Cl)cc2)=C(CN2CCN(c3ccc4c(NS(=O)(=O)c5ccc(C[C@H](CCN6CCOCC6)CSc6ccccc6)c([N+](=O)[O-])c5)ncnc4c3)CC2)C1. The smallest absolute Gasteiger partial charge is 0.379 e. The van der Waals surface area contributed by atoms with Gasteiger partial charge in [0.2, 0.25) is 0 Å². The summed E-state index contributed by atoms with van der Waals surface area (Å²) in [4.78, 5) is 43.9. The Bertz CT molecular complexity index is 6050. The number of hydrogen-bond acceptors (Lipinski definition) is 22. The number of hydrogen-bond donors (Lipinski definition) is 2. The molecular formula is C98H116Cl2F3N13O10S5. The molecule has 2 aromatic heterocycles. The summed E-state index contributed by atoms with van der Waals surface area (Å²) in [7, 11) is -14.9. The Hall–Kier alpha value is -8.80. The van der Waals surface area contributed by atoms with Crippen LogP contribution in [0.3, 0.4) is 0 Å². The van der Waals surface area contributed by atoms with Gasteiger partial charge in [-0.1, -0.05) is 142 Å². The van der Waals surface area contributed by atoms with E-state index >= 15 is 0 Å². The first-order valence-corrected chi connectivity index (χ1v) is 51.6. The van der Waals surface area contributed by atoms with Gasteiger partial charge in [-0.15, -0.1) is 23.5 Å². The van der Waals surface area contributed by atoms with E-state index in [1.165, 1.54) is 82.5 Å². The van der Waals surface area contributed by atoms with Crippen LogP contribution in [0.4, 0.5) is 41.9 Å². The van der Waals surface area contributed by atoms with Crippen molar-refractivity contribution in [2.24, 2.45) is 22.7 Å². The predicted molar refractivity (Wildman–Crippen MR) is 522 cm³/mol. The number of morpholine rings is 2. The minimum Gasteiger partial charge on any atom is -0.379 e. The number of nitrogens with one attached hydrogen (secondary N) is 2. The Morgan fingerprint density at radius 2 is 0.901 bits per heavy atom. The van der Waals surface area contributed by atoms with E-state index < -0.39 is 50.1 Å². The quantitative estimate of drug-likeness (QED) is 0.0225. The molecule has 0 amide bonds. The van der Waals surface area contributed by atoms with E-state index in [1.807, 2.05) is 103 Å². The monoisotopic (exact) mass is 1920 g/mol. The molecule has 0 unspecified atom stereocenters. The van der Waals surface area contributed by atoms with Crippen LogP contribution < -0.4 is 19.2 Å². The van der Waals surface area contributed by atoms with Crippen LogP contribution in [0.5, 0.6) is 0 Å². The molecule has 2 atom stereocenters. The molecule has 2 N–H and O–H groups in total. The number of benzene rings is 8. The summed E-state index contributed by atoms with van der Waals surface area (Å²) in [6.45, 7) is 25.2. The van der Waals surface area contributed by atoms with Crippen LogP contribution in [-0.4, -0.2) is 218 Å². The number of sulfonamides is 2. The molecule has 0 bridgehead atoms. The van der Waals surface area contributed by atoms with Crippen LogP contribution >= 0.6 is 46.7 Å². The van der Waals surface area contributed by atoms with E-state index in [0.29, 0.717) is 85.0 Å². The van der Waals surface area contributed by atoms with E-state index in [9.17, 15) is 48.5 Å². The molecule has 131 heavy (non-hydrogen) atoms. The van der Waals surface area contributed by atoms with Crippen molar-refractivity contribution in [3.8, 4) is 0 Å². The number of thioether (sulfide) groups is 2. The number of fused-ring (bicyclic) bond motifs is 2. The molecule has 6 heterocycles. The fourth-order valence-electron chi connectivity index (χ4n) is 18.3. The number of aromatic nitrogens is 4. The highest BCUT2D eigenvalue weighted by Crippen LogP contribution is 2.46. The van der Waals surface area contributed by atoms with Gasteiger partial charge in [0.15, 0.2) is 11.6 Å². The summed E-state index contributed by atoms with van der Waals surface area (Å²) in [6.07, 6.45) is 10.9. The van der Waals surface area contributed by atoms with Gasteiger partial charge in [0, 0.05) is 157 Å². The van der Waals surface area contributed by atoms with Crippen molar-refractivity contribution in [1.29, 1.82) is 0 Å². The topological polar surface area (TPSA) is 259 Å². The van der Waals surface area contributed by atoms with E-state index in [1.54, 1.807) is 23.9 Å². The first-order chi connectivity index (χ1) is 62.3. The Morgan fingerprint density at radius 3 is 1.31 bits per heavy atom. The van der Waals surface area contributed by atoms with Crippen LogP contribution in [0.1, 0.15) is 109 Å². The lowest BCUT2D eigenvalue weighted by molar-refractivity contribution is -0.385. The van der Waals surface area contributed by atoms with Crippen molar-refractivity contribution in [3.05, 3.63) is 248 Å². The van der Waals surface area contributed by atoms with Gasteiger partial charge in [-0.3, -0.25) is 39.2 Å². The van der Waals surface area contributed by atoms with Crippen molar-refractivity contribution >= 4 is 138 Å². The minimum absolute atomic E-state index is 0. The molecule has 33 heteroatoms. The normalized spacial score (nSPS) is 18.1. The number of nitro groups is 1. The zero-order valence-corrected chi connectivity index (χ0v) is 79.3. The van der Waals surface area contributed by atoms with Gasteiger partial charge >= 0.3 is 5.51 Å². The molecule has 0 radical (unpaired) electrons. The molecule has 4 aliphatic heterocycles. The molecule has 23 nitrogen and oxygen atoms in total. The fraction of sp³-hybridized carbons (Fsp3) is 0.429. The fourth-order valence-corrected chi connectivity index (χ4v) is 23.8. The molecule has 10 aromatic rings. The molecule has 6 aliphatic rings. The average Bonchev–Trinajstić information content (AvgIpc) is 0.755. The number of nitro benzene ring substituents is 1. The molecule has 4 fully saturated rings. The van der Waals surface area contributed by atoms with Crippen LogP contribution in [0.2, 0.25) is 10.0 Å². The van der Waals surface area contributed by atoms with Crippen molar-refractivity contribution in [1.82, 2.24) is 39.5 Å². The average molecular weight is 1920 g/mol. The van der Waals surface area contributed by atoms with E-state index in [-0.39, 0.29) is 64.3 Å². The maximum Gasteiger partial charge on any atom is 0.501 e. The van der Waals surface area contributed by atoms with Crippen LogP contribution in [-0.2, 0) is 52.2 Å². The number of anilines is 4. The van der Waals surface area contributed by atoms with Gasteiger partial charge in [-0.05, 0) is 231 Å². The zero-order chi connectivity index (χ0) is 91.4. The third-order valence-electron chi connectivity index (χ3n) is 25.6. The predicted octanol–water partition coefficient (Wildman–Crippen LogP) is 19.9. The third-order valence-corrected chi connectivity index (χ3v) is 32.9. The van der Waals surface area contributed by atoms with Crippen molar-refractivity contribution in [2.75, 3.05) is 162 Å². The second-order valence-electron chi connectivity index (χ2n) is 36.1. The number of halogens is 5. The van der Waals surface area contributed by atoms with Gasteiger partial charge in [0.1, 0.15) is 12.7 Å². The van der Waals surface area contributed by atoms with Gasteiger partial charge < -0.3 is 19.3 Å². The summed E-state index contributed by atoms with van der Waals surface area (Å²) >= 11 is 15.7. The van der Waals surface area contributed by atoms with Gasteiger partial charge in [0.05, 0.1) is 57.1 Å². The molecule has 0 saturated carbocycles. The number of sulfone groups is 1. The van der Waals surface area contributed by atoms with Gasteiger partial charge in [-0.2, -0.15) is 13.2 Å². The van der Waals surface area contributed by atoms with E-state index in [4.69, 9.17) is 32.7 Å². The minimum atomic E-state index is -5.96. The first kappa shape index (κ1) is 98.2. The number of nitrogens with zero attached hydrogens (tertiary/aromatic N) is 11. The Kier molecular flexibility index (Phi) is 32.8. The van der Waals surface area contributed by atoms with Crippen molar-refractivity contribution in [2.45, 2.75) is 129 Å². The molecule has 8 aromatic carbocycles. The Morgan fingerprint density at radius 1 is 0.496 bits per heavy atom. The summed E-state index contributed by atoms with van der Waals surface area (Å²) in [6, 6.07) is 54.5. The second-order valence-corrected chi connectivity index (χ2v) is 44.4. The lowest BCUT2D eigenvalue weighted by Gasteiger charge is -2.39. The van der Waals surface area contributed by atoms with Crippen LogP contribution in [0.15, 0.2) is 230 Å². The highest BCUT2D eigenvalue weighted by atomic mass is 35.5. The zero-order valence-electron chi connectivity index (χ0n) is 73.7. The molecular weight excluding hydrogens is 1810 g/mol. The molecule has 16 rings (SSSR count). The van der Waals surface area contributed by atoms with Gasteiger partial charge in [-0.25, -0.2) is 45.2 Å². The highest BCUT2D eigenvalue weighted by molar-refractivity contribution is 7.99. The standard InChI is InChI=1S/C49H56ClF3N6O5S3.C48H56ClN7O5S2.CH4/c1-48(2)18-16-43(36-8-11-39(50)12-9-36)38(31-48)32-58-20-22-59(23-21-58)40-13-15-44-45(29-40)54-34-55-47(44)56-67(62,63)42-14-10-37(46(30-42)66(60,61)49(51,52)53)28-35(17-19-57-24-26-64-27-25-57)33-65-41-6-4-3-5-7-41;1-48(2)18-16-43(36-8-11-39(49)12-9-36)38(31-48)32-54-20-22-55(23-21-54)40-13-15-44-45(29-40)50-34-51-47(44)52-63(59,60)42-14-10-37(46(30-42)56(57)58)28-35(17-19-53-24-26-61-27-25-53)33-62-41-6-4-3-5-7-41;/h3-15,29-30,34-35H,16-28,31-33H2,1-2H3,(H,54,55,56);3-15,29-30,34-35H,16-28,31-33H2,1-2H3,(H,50,51,52);1H4/t2*35-;/m00./s1. The Labute approximate surface area is 786 Å². The van der Waals surface area contributed by atoms with Crippen LogP contribution in [0.25, 0.3) is 33.0 Å².